The van der Waals surface area contributed by atoms with Crippen molar-refractivity contribution in [1.29, 1.82) is 0 Å². The van der Waals surface area contributed by atoms with Gasteiger partial charge in [0.25, 0.3) is 5.69 Å². The number of nitrogens with zero attached hydrogens (tertiary/aromatic N) is 2. The maximum atomic E-state index is 11.3. The molecule has 0 fully saturated rings. The number of anilines is 1. The van der Waals surface area contributed by atoms with Gasteiger partial charge in [0.15, 0.2) is 0 Å². The molecule has 2 aromatic carbocycles. The summed E-state index contributed by atoms with van der Waals surface area (Å²) in [5.41, 5.74) is 4.07. The van der Waals surface area contributed by atoms with Gasteiger partial charge in [0.1, 0.15) is 5.69 Å². The molecule has 0 radical (unpaired) electrons. The van der Waals surface area contributed by atoms with Gasteiger partial charge >= 0.3 is 0 Å². The summed E-state index contributed by atoms with van der Waals surface area (Å²) in [5, 5.41) is 19.9. The van der Waals surface area contributed by atoms with E-state index in [1.54, 1.807) is 0 Å². The summed E-state index contributed by atoms with van der Waals surface area (Å²) < 4.78 is 22.5. The van der Waals surface area contributed by atoms with Crippen molar-refractivity contribution in [2.75, 3.05) is 5.43 Å². The molecule has 0 amide bonds. The maximum absolute atomic E-state index is 11.3. The van der Waals surface area contributed by atoms with Crippen molar-refractivity contribution in [3.63, 3.8) is 0 Å². The number of aryl methyl sites for hydroxylation is 1. The lowest BCUT2D eigenvalue weighted by atomic mass is 10.2. The highest BCUT2D eigenvalue weighted by Crippen LogP contribution is 2.27. The van der Waals surface area contributed by atoms with E-state index in [1.165, 1.54) is 18.3 Å². The van der Waals surface area contributed by atoms with Gasteiger partial charge in [-0.2, -0.15) is 5.10 Å². The molecule has 0 aromatic heterocycles. The number of sulfonamides is 1. The summed E-state index contributed by atoms with van der Waals surface area (Å²) in [7, 11) is -4.01. The zero-order valence-corrected chi connectivity index (χ0v) is 12.9. The molecule has 2 aromatic rings. The molecule has 0 heterocycles. The van der Waals surface area contributed by atoms with Crippen molar-refractivity contribution in [1.82, 2.24) is 0 Å². The Balaban J connectivity index is 2.25. The number of hydrogen-bond donors (Lipinski definition) is 2. The van der Waals surface area contributed by atoms with E-state index in [1.807, 2.05) is 31.2 Å². The molecule has 9 heteroatoms. The molecular weight excluding hydrogens is 320 g/mol. The lowest BCUT2D eigenvalue weighted by Gasteiger charge is -2.04. The van der Waals surface area contributed by atoms with Crippen LogP contribution in [0.2, 0.25) is 0 Å². The van der Waals surface area contributed by atoms with Crippen LogP contribution in [0.15, 0.2) is 52.5 Å². The van der Waals surface area contributed by atoms with Crippen molar-refractivity contribution in [2.24, 2.45) is 10.2 Å². The van der Waals surface area contributed by atoms with Gasteiger partial charge in [-0.3, -0.25) is 15.5 Å². The molecule has 0 bridgehead atoms. The summed E-state index contributed by atoms with van der Waals surface area (Å²) in [5.74, 6) is 0. The molecule has 0 saturated carbocycles. The van der Waals surface area contributed by atoms with Crippen LogP contribution in [0.1, 0.15) is 11.1 Å². The summed E-state index contributed by atoms with van der Waals surface area (Å²) >= 11 is 0. The Kier molecular flexibility index (Phi) is 4.72. The van der Waals surface area contributed by atoms with Crippen LogP contribution in [0, 0.1) is 17.0 Å². The summed E-state index contributed by atoms with van der Waals surface area (Å²) in [6.07, 6.45) is 1.50. The number of nitro benzene ring substituents is 1. The number of nitrogens with two attached hydrogens (primary N) is 1. The van der Waals surface area contributed by atoms with Gasteiger partial charge in [0.05, 0.1) is 16.0 Å². The average molecular weight is 334 g/mol. The second-order valence-corrected chi connectivity index (χ2v) is 6.32. The van der Waals surface area contributed by atoms with Gasteiger partial charge in [-0.05, 0) is 24.6 Å². The van der Waals surface area contributed by atoms with E-state index in [0.29, 0.717) is 0 Å². The summed E-state index contributed by atoms with van der Waals surface area (Å²) in [6, 6.07) is 10.8. The van der Waals surface area contributed by atoms with Gasteiger partial charge < -0.3 is 0 Å². The number of nitro groups is 1. The van der Waals surface area contributed by atoms with E-state index in [-0.39, 0.29) is 10.6 Å². The minimum Gasteiger partial charge on any atom is -0.272 e. The second-order valence-electron chi connectivity index (χ2n) is 4.76. The van der Waals surface area contributed by atoms with Crippen LogP contribution < -0.4 is 10.6 Å². The predicted octanol–water partition coefficient (Wildman–Crippen LogP) is 2.00. The van der Waals surface area contributed by atoms with E-state index in [4.69, 9.17) is 5.14 Å². The number of rotatable bonds is 5. The van der Waals surface area contributed by atoms with E-state index in [2.05, 4.69) is 10.5 Å². The van der Waals surface area contributed by atoms with Gasteiger partial charge in [-0.1, -0.05) is 29.8 Å². The van der Waals surface area contributed by atoms with E-state index < -0.39 is 20.6 Å². The fourth-order valence-corrected chi connectivity index (χ4v) is 2.30. The van der Waals surface area contributed by atoms with Crippen LogP contribution in [0.25, 0.3) is 0 Å². The molecule has 0 spiro atoms. The molecular formula is C14H14N4O4S. The highest BCUT2D eigenvalue weighted by atomic mass is 32.2. The molecule has 0 unspecified atom stereocenters. The molecule has 0 aliphatic carbocycles. The van der Waals surface area contributed by atoms with Crippen molar-refractivity contribution in [3.8, 4) is 0 Å². The highest BCUT2D eigenvalue weighted by Gasteiger charge is 2.18. The van der Waals surface area contributed by atoms with Crippen LogP contribution in [-0.4, -0.2) is 19.6 Å². The van der Waals surface area contributed by atoms with E-state index in [9.17, 15) is 18.5 Å². The number of nitrogens with one attached hydrogen (secondary N) is 1. The van der Waals surface area contributed by atoms with Crippen LogP contribution in [0.3, 0.4) is 0 Å². The first-order valence-electron chi connectivity index (χ1n) is 6.44. The smallest absolute Gasteiger partial charge is 0.272 e. The highest BCUT2D eigenvalue weighted by molar-refractivity contribution is 7.89. The first-order valence-corrected chi connectivity index (χ1v) is 7.99. The lowest BCUT2D eigenvalue weighted by molar-refractivity contribution is -0.384. The molecule has 0 aliphatic rings. The molecule has 23 heavy (non-hydrogen) atoms. The Labute approximate surface area is 132 Å². The number of hydrazone groups is 1. The molecule has 120 valence electrons. The van der Waals surface area contributed by atoms with Crippen molar-refractivity contribution < 1.29 is 13.3 Å². The number of hydrogen-bond acceptors (Lipinski definition) is 6. The summed E-state index contributed by atoms with van der Waals surface area (Å²) in [4.78, 5) is 10.0. The third-order valence-electron chi connectivity index (χ3n) is 2.97. The molecule has 3 N–H and O–H groups in total. The molecule has 0 aliphatic heterocycles. The predicted molar refractivity (Wildman–Crippen MR) is 86.9 cm³/mol. The van der Waals surface area contributed by atoms with Crippen molar-refractivity contribution in [3.05, 3.63) is 63.7 Å². The van der Waals surface area contributed by atoms with Crippen molar-refractivity contribution in [2.45, 2.75) is 11.8 Å². The van der Waals surface area contributed by atoms with Crippen LogP contribution in [-0.2, 0) is 10.0 Å². The fourth-order valence-electron chi connectivity index (χ4n) is 1.76. The number of primary sulfonamides is 1. The Bertz CT molecular complexity index is 861. The lowest BCUT2D eigenvalue weighted by Crippen LogP contribution is -2.12. The van der Waals surface area contributed by atoms with Crippen LogP contribution in [0.5, 0.6) is 0 Å². The average Bonchev–Trinajstić information content (AvgIpc) is 2.48. The second kappa shape index (κ2) is 6.55. The van der Waals surface area contributed by atoms with Crippen molar-refractivity contribution >= 4 is 27.6 Å². The molecule has 0 saturated heterocycles. The van der Waals surface area contributed by atoms with Gasteiger partial charge in [-0.15, -0.1) is 0 Å². The first kappa shape index (κ1) is 16.6. The van der Waals surface area contributed by atoms with E-state index in [0.717, 1.165) is 17.2 Å². The minimum atomic E-state index is -4.01. The van der Waals surface area contributed by atoms with Crippen LogP contribution >= 0.6 is 0 Å². The van der Waals surface area contributed by atoms with E-state index >= 15 is 0 Å². The minimum absolute atomic E-state index is 0.0609. The number of benzene rings is 2. The molecule has 2 rings (SSSR count). The Morgan fingerprint density at radius 1 is 1.22 bits per heavy atom. The van der Waals surface area contributed by atoms with Gasteiger partial charge in [-0.25, -0.2) is 13.6 Å². The van der Waals surface area contributed by atoms with Gasteiger partial charge in [0.2, 0.25) is 10.0 Å². The van der Waals surface area contributed by atoms with Gasteiger partial charge in [0, 0.05) is 6.07 Å². The Hall–Kier alpha value is -2.78. The summed E-state index contributed by atoms with van der Waals surface area (Å²) in [6.45, 7) is 1.95. The maximum Gasteiger partial charge on any atom is 0.295 e. The molecule has 8 nitrogen and oxygen atoms in total. The first-order chi connectivity index (χ1) is 10.8. The monoisotopic (exact) mass is 334 g/mol. The Morgan fingerprint density at radius 3 is 2.43 bits per heavy atom. The quantitative estimate of drug-likeness (QED) is 0.491. The fraction of sp³-hybridized carbons (Fsp3) is 0.0714. The third-order valence-corrected chi connectivity index (χ3v) is 3.88. The zero-order chi connectivity index (χ0) is 17.0. The van der Waals surface area contributed by atoms with Crippen LogP contribution in [0.4, 0.5) is 11.4 Å². The Morgan fingerprint density at radius 2 is 1.87 bits per heavy atom. The largest absolute Gasteiger partial charge is 0.295 e. The normalized spacial score (nSPS) is 11.6. The molecule has 0 atom stereocenters. The standard InChI is InChI=1S/C14H14N4O4S/c1-10-2-4-11(5-3-10)9-16-17-13-7-6-12(23(15,21)22)8-14(13)18(19)20/h2-9,17H,1H3,(H2,15,21,22)/b16-9+. The third kappa shape index (κ3) is 4.34. The topological polar surface area (TPSA) is 128 Å². The SMILES string of the molecule is Cc1ccc(/C=N/Nc2ccc(S(N)(=O)=O)cc2[N+](=O)[O-])cc1. The zero-order valence-electron chi connectivity index (χ0n) is 12.1.